The highest BCUT2D eigenvalue weighted by Gasteiger charge is 2.44. The fourth-order valence-electron chi connectivity index (χ4n) is 1.95. The van der Waals surface area contributed by atoms with Crippen molar-refractivity contribution in [3.05, 3.63) is 0 Å². The Morgan fingerprint density at radius 1 is 1.50 bits per heavy atom. The highest BCUT2D eigenvalue weighted by molar-refractivity contribution is 5.04. The van der Waals surface area contributed by atoms with Crippen LogP contribution in [0.3, 0.4) is 0 Å². The van der Waals surface area contributed by atoms with Crippen LogP contribution in [0.25, 0.3) is 0 Å². The molecule has 1 heterocycles. The van der Waals surface area contributed by atoms with Crippen molar-refractivity contribution in [3.63, 3.8) is 0 Å². The number of rotatable bonds is 1. The summed E-state index contributed by atoms with van der Waals surface area (Å²) in [5.74, 6) is 0. The summed E-state index contributed by atoms with van der Waals surface area (Å²) in [5, 5.41) is 3.50. The minimum atomic E-state index is 0.747. The van der Waals surface area contributed by atoms with Crippen molar-refractivity contribution in [2.24, 2.45) is 0 Å². The normalized spacial score (nSPS) is 39.9. The molecule has 2 rings (SSSR count). The fraction of sp³-hybridized carbons (Fsp3) is 1.00. The molecule has 0 aromatic heterocycles. The van der Waals surface area contributed by atoms with Crippen molar-refractivity contribution >= 4 is 0 Å². The highest BCUT2D eigenvalue weighted by Crippen LogP contribution is 2.31. The molecule has 2 atom stereocenters. The zero-order valence-electron chi connectivity index (χ0n) is 6.80. The number of hydrogen-bond donors (Lipinski definition) is 1. The van der Waals surface area contributed by atoms with E-state index in [0.717, 1.165) is 18.1 Å². The van der Waals surface area contributed by atoms with Crippen LogP contribution < -0.4 is 5.32 Å². The Balaban J connectivity index is 1.96. The number of nitrogens with one attached hydrogen (secondary N) is 1. The lowest BCUT2D eigenvalue weighted by Gasteiger charge is -2.30. The third-order valence-electron chi connectivity index (χ3n) is 2.62. The van der Waals surface area contributed by atoms with Gasteiger partial charge in [-0.05, 0) is 20.3 Å². The van der Waals surface area contributed by atoms with Gasteiger partial charge in [0, 0.05) is 31.2 Å². The van der Waals surface area contributed by atoms with E-state index in [2.05, 4.69) is 24.1 Å². The third kappa shape index (κ3) is 0.956. The minimum absolute atomic E-state index is 0.747. The average molecular weight is 140 g/mol. The van der Waals surface area contributed by atoms with E-state index < -0.39 is 0 Å². The van der Waals surface area contributed by atoms with Crippen molar-refractivity contribution in [3.8, 4) is 0 Å². The Bertz CT molecular complexity index is 133. The predicted octanol–water partition coefficient (Wildman–Crippen LogP) is 0.441. The summed E-state index contributed by atoms with van der Waals surface area (Å²) in [7, 11) is 0. The van der Waals surface area contributed by atoms with Crippen molar-refractivity contribution < 1.29 is 0 Å². The van der Waals surface area contributed by atoms with Crippen LogP contribution in [0.15, 0.2) is 0 Å². The number of piperazine rings is 1. The topological polar surface area (TPSA) is 15.3 Å². The van der Waals surface area contributed by atoms with E-state index in [1.54, 1.807) is 0 Å². The van der Waals surface area contributed by atoms with Gasteiger partial charge in [0.25, 0.3) is 0 Å². The second-order valence-corrected chi connectivity index (χ2v) is 3.70. The van der Waals surface area contributed by atoms with Crippen LogP contribution in [0, 0.1) is 0 Å². The summed E-state index contributed by atoms with van der Waals surface area (Å²) < 4.78 is 0. The second-order valence-electron chi connectivity index (χ2n) is 3.70. The maximum Gasteiger partial charge on any atom is 0.0268 e. The minimum Gasteiger partial charge on any atom is -0.311 e. The molecule has 0 radical (unpaired) electrons. The summed E-state index contributed by atoms with van der Waals surface area (Å²) in [6, 6.07) is 2.47. The SMILES string of the molecule is CC(C)N1CCNC2CC21. The highest BCUT2D eigenvalue weighted by atomic mass is 15.3. The molecule has 58 valence electrons. The summed E-state index contributed by atoms with van der Waals surface area (Å²) in [4.78, 5) is 2.61. The largest absolute Gasteiger partial charge is 0.311 e. The van der Waals surface area contributed by atoms with Crippen LogP contribution in [0.5, 0.6) is 0 Å². The number of fused-ring (bicyclic) bond motifs is 1. The molecular formula is C8H16N2. The molecule has 1 aliphatic heterocycles. The van der Waals surface area contributed by atoms with Crippen LogP contribution in [0.4, 0.5) is 0 Å². The first-order valence-corrected chi connectivity index (χ1v) is 4.28. The average Bonchev–Trinajstić information content (AvgIpc) is 2.63. The molecule has 0 bridgehead atoms. The molecule has 2 heteroatoms. The monoisotopic (exact) mass is 140 g/mol. The molecule has 2 fully saturated rings. The van der Waals surface area contributed by atoms with E-state index in [0.29, 0.717) is 0 Å². The maximum atomic E-state index is 3.50. The Morgan fingerprint density at radius 2 is 2.30 bits per heavy atom. The summed E-state index contributed by atoms with van der Waals surface area (Å²) >= 11 is 0. The molecular weight excluding hydrogens is 124 g/mol. The van der Waals surface area contributed by atoms with Crippen LogP contribution >= 0.6 is 0 Å². The van der Waals surface area contributed by atoms with E-state index in [9.17, 15) is 0 Å². The van der Waals surface area contributed by atoms with Crippen molar-refractivity contribution in [1.29, 1.82) is 0 Å². The van der Waals surface area contributed by atoms with E-state index in [-0.39, 0.29) is 0 Å². The van der Waals surface area contributed by atoms with E-state index in [1.165, 1.54) is 19.5 Å². The van der Waals surface area contributed by atoms with Gasteiger partial charge in [-0.2, -0.15) is 0 Å². The van der Waals surface area contributed by atoms with Crippen LogP contribution in [0.2, 0.25) is 0 Å². The van der Waals surface area contributed by atoms with Gasteiger partial charge in [0.2, 0.25) is 0 Å². The molecule has 2 nitrogen and oxygen atoms in total. The lowest BCUT2D eigenvalue weighted by Crippen LogP contribution is -2.46. The zero-order chi connectivity index (χ0) is 7.14. The molecule has 10 heavy (non-hydrogen) atoms. The molecule has 2 aliphatic rings. The van der Waals surface area contributed by atoms with Gasteiger partial charge < -0.3 is 5.32 Å². The molecule has 0 aromatic rings. The summed E-state index contributed by atoms with van der Waals surface area (Å²) in [6.45, 7) is 7.03. The van der Waals surface area contributed by atoms with Crippen molar-refractivity contribution in [2.45, 2.75) is 38.4 Å². The van der Waals surface area contributed by atoms with E-state index >= 15 is 0 Å². The Hall–Kier alpha value is -0.0800. The fourth-order valence-corrected chi connectivity index (χ4v) is 1.95. The number of hydrogen-bond acceptors (Lipinski definition) is 2. The van der Waals surface area contributed by atoms with Gasteiger partial charge in [0.15, 0.2) is 0 Å². The summed E-state index contributed by atoms with van der Waals surface area (Å²) in [6.07, 6.45) is 1.39. The Morgan fingerprint density at radius 3 is 2.90 bits per heavy atom. The third-order valence-corrected chi connectivity index (χ3v) is 2.62. The van der Waals surface area contributed by atoms with Crippen molar-refractivity contribution in [2.75, 3.05) is 13.1 Å². The molecule has 0 amide bonds. The lowest BCUT2D eigenvalue weighted by atomic mass is 10.3. The van der Waals surface area contributed by atoms with Gasteiger partial charge in [0.05, 0.1) is 0 Å². The van der Waals surface area contributed by atoms with Gasteiger partial charge in [-0.25, -0.2) is 0 Å². The molecule has 1 N–H and O–H groups in total. The van der Waals surface area contributed by atoms with Gasteiger partial charge in [-0.15, -0.1) is 0 Å². The van der Waals surface area contributed by atoms with Crippen LogP contribution in [0.1, 0.15) is 20.3 Å². The molecule has 1 saturated heterocycles. The first-order valence-electron chi connectivity index (χ1n) is 4.28. The molecule has 2 unspecified atom stereocenters. The first-order chi connectivity index (χ1) is 4.79. The smallest absolute Gasteiger partial charge is 0.0268 e. The van der Waals surface area contributed by atoms with Crippen LogP contribution in [-0.2, 0) is 0 Å². The zero-order valence-corrected chi connectivity index (χ0v) is 6.80. The van der Waals surface area contributed by atoms with Gasteiger partial charge in [-0.3, -0.25) is 4.90 Å². The van der Waals surface area contributed by atoms with Gasteiger partial charge in [0.1, 0.15) is 0 Å². The summed E-state index contributed by atoms with van der Waals surface area (Å²) in [5.41, 5.74) is 0. The second kappa shape index (κ2) is 2.21. The number of nitrogens with zero attached hydrogens (tertiary/aromatic N) is 1. The first kappa shape index (κ1) is 6.62. The van der Waals surface area contributed by atoms with Gasteiger partial charge >= 0.3 is 0 Å². The predicted molar refractivity (Wildman–Crippen MR) is 42.0 cm³/mol. The Kier molecular flexibility index (Phi) is 1.46. The standard InChI is InChI=1S/C8H16N2/c1-6(2)10-4-3-9-7-5-8(7)10/h6-9H,3-5H2,1-2H3. The van der Waals surface area contributed by atoms with E-state index in [1.807, 2.05) is 0 Å². The Labute approximate surface area is 62.6 Å². The van der Waals surface area contributed by atoms with Crippen LogP contribution in [-0.4, -0.2) is 36.1 Å². The lowest BCUT2D eigenvalue weighted by molar-refractivity contribution is 0.183. The quantitative estimate of drug-likeness (QED) is 0.568. The molecule has 1 saturated carbocycles. The molecule has 0 spiro atoms. The molecule has 0 aromatic carbocycles. The van der Waals surface area contributed by atoms with E-state index in [4.69, 9.17) is 0 Å². The molecule has 1 aliphatic carbocycles. The van der Waals surface area contributed by atoms with Crippen molar-refractivity contribution in [1.82, 2.24) is 10.2 Å². The maximum absolute atomic E-state index is 3.50. The van der Waals surface area contributed by atoms with Gasteiger partial charge in [-0.1, -0.05) is 0 Å².